The van der Waals surface area contributed by atoms with E-state index < -0.39 is 0 Å². The number of benzene rings is 1. The Morgan fingerprint density at radius 1 is 1.35 bits per heavy atom. The molecule has 0 amide bonds. The van der Waals surface area contributed by atoms with Crippen LogP contribution >= 0.6 is 0 Å². The second-order valence-electron chi connectivity index (χ2n) is 5.93. The van der Waals surface area contributed by atoms with Crippen molar-refractivity contribution in [3.63, 3.8) is 0 Å². The van der Waals surface area contributed by atoms with E-state index in [0.29, 0.717) is 0 Å². The Morgan fingerprint density at radius 3 is 3.00 bits per heavy atom. The number of hydrogen-bond acceptors (Lipinski definition) is 3. The molecule has 0 aromatic heterocycles. The molecule has 0 saturated carbocycles. The van der Waals surface area contributed by atoms with Crippen LogP contribution in [0.1, 0.15) is 24.5 Å². The van der Waals surface area contributed by atoms with Crippen LogP contribution in [0.5, 0.6) is 5.75 Å². The van der Waals surface area contributed by atoms with Crippen LogP contribution in [0.4, 0.5) is 0 Å². The zero-order chi connectivity index (χ0) is 13.9. The Balaban J connectivity index is 2.03. The topological polar surface area (TPSA) is 24.8 Å². The van der Waals surface area contributed by atoms with E-state index in [1.54, 1.807) is 7.11 Å². The molecule has 102 valence electrons. The molecule has 0 fully saturated rings. The van der Waals surface area contributed by atoms with Crippen molar-refractivity contribution < 1.29 is 4.74 Å². The van der Waals surface area contributed by atoms with Crippen LogP contribution in [0.2, 0.25) is 0 Å². The second kappa shape index (κ2) is 3.75. The number of nitrogens with zero attached hydrogens (tertiary/aromatic N) is 2. The van der Waals surface area contributed by atoms with Crippen LogP contribution < -0.4 is 4.74 Å². The van der Waals surface area contributed by atoms with E-state index in [0.717, 1.165) is 18.7 Å². The summed E-state index contributed by atoms with van der Waals surface area (Å²) in [5.41, 5.74) is 6.90. The van der Waals surface area contributed by atoms with E-state index in [9.17, 15) is 0 Å². The lowest BCUT2D eigenvalue weighted by molar-refractivity contribution is 0.224. The molecular weight excluding hydrogens is 248 g/mol. The Morgan fingerprint density at radius 2 is 2.20 bits per heavy atom. The maximum atomic E-state index is 5.41. The molecule has 0 radical (unpaired) electrons. The molecule has 3 heterocycles. The molecule has 20 heavy (non-hydrogen) atoms. The molecule has 0 aliphatic carbocycles. The molecule has 1 aromatic rings. The number of allylic oxidation sites excluding steroid dienone is 1. The summed E-state index contributed by atoms with van der Waals surface area (Å²) in [6, 6.07) is 6.45. The fourth-order valence-corrected chi connectivity index (χ4v) is 3.76. The first kappa shape index (κ1) is 11.8. The van der Waals surface area contributed by atoms with Gasteiger partial charge in [0.15, 0.2) is 0 Å². The van der Waals surface area contributed by atoms with Gasteiger partial charge in [-0.2, -0.15) is 0 Å². The Hall–Kier alpha value is -2.03. The normalized spacial score (nSPS) is 26.4. The summed E-state index contributed by atoms with van der Waals surface area (Å²) in [7, 11) is 3.92. The van der Waals surface area contributed by atoms with Gasteiger partial charge in [0.05, 0.1) is 24.9 Å². The minimum atomic E-state index is 0.0530. The van der Waals surface area contributed by atoms with Gasteiger partial charge in [0.2, 0.25) is 0 Å². The lowest BCUT2D eigenvalue weighted by Crippen LogP contribution is -2.39. The maximum Gasteiger partial charge on any atom is 0.119 e. The highest BCUT2D eigenvalue weighted by atomic mass is 16.5. The third kappa shape index (κ3) is 1.28. The largest absolute Gasteiger partial charge is 0.497 e. The van der Waals surface area contributed by atoms with Crippen molar-refractivity contribution in [1.82, 2.24) is 4.90 Å². The van der Waals surface area contributed by atoms with Crippen molar-refractivity contribution in [2.75, 3.05) is 20.7 Å². The van der Waals surface area contributed by atoms with Crippen LogP contribution in [0.3, 0.4) is 0 Å². The average Bonchev–Trinajstić information content (AvgIpc) is 2.61. The predicted molar refractivity (Wildman–Crippen MR) is 81.1 cm³/mol. The number of methoxy groups -OCH3 is 1. The molecule has 3 aliphatic rings. The highest BCUT2D eigenvalue weighted by Gasteiger charge is 2.47. The highest BCUT2D eigenvalue weighted by molar-refractivity contribution is 5.86. The fraction of sp³-hybridized carbons (Fsp3) is 0.353. The van der Waals surface area contributed by atoms with Gasteiger partial charge < -0.3 is 9.64 Å². The Labute approximate surface area is 119 Å². The molecule has 3 aliphatic heterocycles. The lowest BCUT2D eigenvalue weighted by Gasteiger charge is -2.41. The van der Waals surface area contributed by atoms with Crippen LogP contribution in [0.15, 0.2) is 40.4 Å². The van der Waals surface area contributed by atoms with Gasteiger partial charge in [-0.3, -0.25) is 4.99 Å². The number of hydrogen-bond donors (Lipinski definition) is 0. The van der Waals surface area contributed by atoms with Gasteiger partial charge in [-0.1, -0.05) is 6.07 Å². The highest BCUT2D eigenvalue weighted by Crippen LogP contribution is 2.55. The molecule has 2 bridgehead atoms. The smallest absolute Gasteiger partial charge is 0.119 e. The summed E-state index contributed by atoms with van der Waals surface area (Å²) in [6.07, 6.45) is 5.17. The third-order valence-corrected chi connectivity index (χ3v) is 4.98. The zero-order valence-electron chi connectivity index (χ0n) is 12.1. The summed E-state index contributed by atoms with van der Waals surface area (Å²) in [6.45, 7) is 3.12. The van der Waals surface area contributed by atoms with Crippen molar-refractivity contribution >= 4 is 11.9 Å². The van der Waals surface area contributed by atoms with Crippen molar-refractivity contribution in [3.05, 3.63) is 46.5 Å². The van der Waals surface area contributed by atoms with Crippen molar-refractivity contribution in [3.8, 4) is 5.75 Å². The molecular formula is C17H18N2O. The van der Waals surface area contributed by atoms with Gasteiger partial charge in [0, 0.05) is 30.8 Å². The van der Waals surface area contributed by atoms with E-state index >= 15 is 0 Å². The standard InChI is InChI=1S/C17H18N2O/c1-17-9-11-6-7-18-10-14(11)16(19(17)2)13-8-12(20-3)4-5-15(13)17/h4-8H,9-10H2,1-3H3. The first-order valence-corrected chi connectivity index (χ1v) is 7.00. The second-order valence-corrected chi connectivity index (χ2v) is 5.93. The third-order valence-electron chi connectivity index (χ3n) is 4.98. The van der Waals surface area contributed by atoms with Crippen molar-refractivity contribution in [1.29, 1.82) is 0 Å². The molecule has 1 aromatic carbocycles. The van der Waals surface area contributed by atoms with Gasteiger partial charge in [-0.25, -0.2) is 0 Å². The SMILES string of the molecule is COc1ccc2c(c1)C1=C3CN=CC=C3CC2(C)N1C. The Kier molecular flexibility index (Phi) is 2.21. The summed E-state index contributed by atoms with van der Waals surface area (Å²) >= 11 is 0. The van der Waals surface area contributed by atoms with Gasteiger partial charge >= 0.3 is 0 Å². The van der Waals surface area contributed by atoms with E-state index in [2.05, 4.69) is 48.1 Å². The minimum absolute atomic E-state index is 0.0530. The maximum absolute atomic E-state index is 5.41. The molecule has 1 atom stereocenters. The van der Waals surface area contributed by atoms with Gasteiger partial charge in [0.1, 0.15) is 5.75 Å². The number of aliphatic imine (C=N–C) groups is 1. The molecule has 0 saturated heterocycles. The fourth-order valence-electron chi connectivity index (χ4n) is 3.76. The van der Waals surface area contributed by atoms with Crippen LogP contribution in [-0.2, 0) is 5.54 Å². The molecule has 3 nitrogen and oxygen atoms in total. The molecule has 1 unspecified atom stereocenters. The van der Waals surface area contributed by atoms with Gasteiger partial charge in [-0.15, -0.1) is 0 Å². The van der Waals surface area contributed by atoms with Crippen molar-refractivity contribution in [2.24, 2.45) is 4.99 Å². The average molecular weight is 266 g/mol. The van der Waals surface area contributed by atoms with Crippen LogP contribution in [-0.4, -0.2) is 31.8 Å². The summed E-state index contributed by atoms with van der Waals surface area (Å²) in [5, 5.41) is 0. The number of rotatable bonds is 1. The first-order chi connectivity index (χ1) is 9.65. The summed E-state index contributed by atoms with van der Waals surface area (Å²) in [5.74, 6) is 0.922. The van der Waals surface area contributed by atoms with Crippen LogP contribution in [0.25, 0.3) is 5.70 Å². The number of dihydropyridines is 1. The quantitative estimate of drug-likeness (QED) is 0.780. The summed E-state index contributed by atoms with van der Waals surface area (Å²) in [4.78, 5) is 6.85. The minimum Gasteiger partial charge on any atom is -0.497 e. The van der Waals surface area contributed by atoms with E-state index in [-0.39, 0.29) is 5.54 Å². The molecule has 0 N–H and O–H groups in total. The molecule has 4 rings (SSSR count). The van der Waals surface area contributed by atoms with E-state index in [4.69, 9.17) is 4.74 Å². The molecule has 3 heteroatoms. The Bertz CT molecular complexity index is 699. The molecule has 0 spiro atoms. The van der Waals surface area contributed by atoms with Crippen molar-refractivity contribution in [2.45, 2.75) is 18.9 Å². The summed E-state index contributed by atoms with van der Waals surface area (Å²) < 4.78 is 5.41. The van der Waals surface area contributed by atoms with Crippen LogP contribution in [0, 0.1) is 0 Å². The number of ether oxygens (including phenoxy) is 1. The van der Waals surface area contributed by atoms with E-state index in [1.165, 1.54) is 28.0 Å². The van der Waals surface area contributed by atoms with Gasteiger partial charge in [-0.05, 0) is 36.3 Å². The van der Waals surface area contributed by atoms with E-state index in [1.807, 2.05) is 6.21 Å². The predicted octanol–water partition coefficient (Wildman–Crippen LogP) is 2.98. The number of fused-ring (bicyclic) bond motifs is 6. The lowest BCUT2D eigenvalue weighted by atomic mass is 9.82. The first-order valence-electron chi connectivity index (χ1n) is 7.00. The zero-order valence-corrected chi connectivity index (χ0v) is 12.1. The monoisotopic (exact) mass is 266 g/mol. The van der Waals surface area contributed by atoms with Gasteiger partial charge in [0.25, 0.3) is 0 Å².